The van der Waals surface area contributed by atoms with Gasteiger partial charge in [0.2, 0.25) is 0 Å². The molecule has 1 spiro atoms. The Kier molecular flexibility index (Phi) is 6.04. The molecule has 1 aromatic rings. The second kappa shape index (κ2) is 8.27. The molecule has 3 rings (SSSR count). The van der Waals surface area contributed by atoms with Gasteiger partial charge in [0.05, 0.1) is 13.7 Å². The molecule has 2 heterocycles. The van der Waals surface area contributed by atoms with Crippen LogP contribution in [0, 0.1) is 11.3 Å². The predicted molar refractivity (Wildman–Crippen MR) is 99.6 cm³/mol. The second-order valence-electron chi connectivity index (χ2n) is 7.53. The first-order chi connectivity index (χ1) is 12.6. The van der Waals surface area contributed by atoms with Gasteiger partial charge in [-0.15, -0.1) is 0 Å². The highest BCUT2D eigenvalue weighted by molar-refractivity contribution is 5.78. The number of piperidine rings is 1. The minimum atomic E-state index is 0.0420. The van der Waals surface area contributed by atoms with Crippen molar-refractivity contribution in [2.45, 2.75) is 12.8 Å². The van der Waals surface area contributed by atoms with Gasteiger partial charge in [0.15, 0.2) is 18.1 Å². The van der Waals surface area contributed by atoms with E-state index in [1.54, 1.807) is 14.2 Å². The van der Waals surface area contributed by atoms with E-state index in [1.807, 2.05) is 29.2 Å². The highest BCUT2D eigenvalue weighted by Gasteiger charge is 2.47. The number of ether oxygens (including phenoxy) is 3. The van der Waals surface area contributed by atoms with Gasteiger partial charge in [-0.1, -0.05) is 12.1 Å². The van der Waals surface area contributed by atoms with E-state index in [0.29, 0.717) is 17.4 Å². The molecule has 0 radical (unpaired) electrons. The van der Waals surface area contributed by atoms with E-state index >= 15 is 0 Å². The monoisotopic (exact) mass is 362 g/mol. The van der Waals surface area contributed by atoms with Crippen LogP contribution in [0.2, 0.25) is 0 Å². The number of para-hydroxylation sites is 2. The molecule has 0 bridgehead atoms. The number of methoxy groups -OCH3 is 2. The molecule has 0 saturated carbocycles. The van der Waals surface area contributed by atoms with Crippen LogP contribution in [0.15, 0.2) is 24.3 Å². The molecule has 1 amide bonds. The molecule has 6 heteroatoms. The predicted octanol–water partition coefficient (Wildman–Crippen LogP) is 1.89. The van der Waals surface area contributed by atoms with E-state index < -0.39 is 0 Å². The van der Waals surface area contributed by atoms with Crippen LogP contribution in [0.3, 0.4) is 0 Å². The lowest BCUT2D eigenvalue weighted by Gasteiger charge is -2.42. The van der Waals surface area contributed by atoms with Crippen LogP contribution in [-0.4, -0.2) is 76.4 Å². The van der Waals surface area contributed by atoms with Crippen molar-refractivity contribution in [3.8, 4) is 11.5 Å². The SMILES string of the molecule is COCC1CN(C)CC12CCN(C(=O)COc1ccccc1OC)CC2. The molecule has 144 valence electrons. The summed E-state index contributed by atoms with van der Waals surface area (Å²) in [6.45, 7) is 4.62. The highest BCUT2D eigenvalue weighted by atomic mass is 16.5. The largest absolute Gasteiger partial charge is 0.493 e. The number of amides is 1. The van der Waals surface area contributed by atoms with Crippen molar-refractivity contribution in [3.05, 3.63) is 24.3 Å². The summed E-state index contributed by atoms with van der Waals surface area (Å²) in [6, 6.07) is 7.41. The number of benzene rings is 1. The van der Waals surface area contributed by atoms with E-state index in [9.17, 15) is 4.79 Å². The van der Waals surface area contributed by atoms with E-state index in [0.717, 1.165) is 45.6 Å². The molecular weight excluding hydrogens is 332 g/mol. The Balaban J connectivity index is 1.53. The molecule has 0 N–H and O–H groups in total. The van der Waals surface area contributed by atoms with Crippen molar-refractivity contribution in [2.75, 3.05) is 60.7 Å². The summed E-state index contributed by atoms with van der Waals surface area (Å²) in [4.78, 5) is 16.9. The lowest BCUT2D eigenvalue weighted by atomic mass is 9.71. The average molecular weight is 362 g/mol. The van der Waals surface area contributed by atoms with Gasteiger partial charge >= 0.3 is 0 Å². The van der Waals surface area contributed by atoms with Crippen LogP contribution in [0.5, 0.6) is 11.5 Å². The van der Waals surface area contributed by atoms with Crippen molar-refractivity contribution in [2.24, 2.45) is 11.3 Å². The van der Waals surface area contributed by atoms with E-state index in [2.05, 4.69) is 11.9 Å². The summed E-state index contributed by atoms with van der Waals surface area (Å²) >= 11 is 0. The van der Waals surface area contributed by atoms with Gasteiger partial charge in [0.25, 0.3) is 5.91 Å². The fourth-order valence-corrected chi connectivity index (χ4v) is 4.47. The van der Waals surface area contributed by atoms with Gasteiger partial charge in [0.1, 0.15) is 0 Å². The Bertz CT molecular complexity index is 614. The Morgan fingerprint density at radius 1 is 1.19 bits per heavy atom. The number of hydrogen-bond acceptors (Lipinski definition) is 5. The van der Waals surface area contributed by atoms with Gasteiger partial charge in [-0.05, 0) is 37.4 Å². The molecule has 1 unspecified atom stereocenters. The zero-order chi connectivity index (χ0) is 18.6. The van der Waals surface area contributed by atoms with Gasteiger partial charge in [0, 0.05) is 39.2 Å². The molecule has 2 aliphatic rings. The highest BCUT2D eigenvalue weighted by Crippen LogP contribution is 2.44. The first kappa shape index (κ1) is 19.0. The molecule has 1 atom stereocenters. The van der Waals surface area contributed by atoms with Crippen LogP contribution < -0.4 is 9.47 Å². The zero-order valence-electron chi connectivity index (χ0n) is 16.1. The van der Waals surface area contributed by atoms with Gasteiger partial charge < -0.3 is 24.0 Å². The minimum Gasteiger partial charge on any atom is -0.493 e. The van der Waals surface area contributed by atoms with Crippen LogP contribution in [0.4, 0.5) is 0 Å². The maximum absolute atomic E-state index is 12.6. The van der Waals surface area contributed by atoms with Crippen LogP contribution >= 0.6 is 0 Å². The summed E-state index contributed by atoms with van der Waals surface area (Å²) < 4.78 is 16.4. The summed E-state index contributed by atoms with van der Waals surface area (Å²) in [5, 5.41) is 0. The normalized spacial score (nSPS) is 22.6. The molecule has 26 heavy (non-hydrogen) atoms. The maximum Gasteiger partial charge on any atom is 0.260 e. The summed E-state index contributed by atoms with van der Waals surface area (Å²) in [5.74, 6) is 1.85. The second-order valence-corrected chi connectivity index (χ2v) is 7.53. The Morgan fingerprint density at radius 3 is 2.54 bits per heavy atom. The third-order valence-electron chi connectivity index (χ3n) is 5.88. The average Bonchev–Trinajstić information content (AvgIpc) is 2.95. The quantitative estimate of drug-likeness (QED) is 0.774. The number of likely N-dealkylation sites (tertiary alicyclic amines) is 2. The summed E-state index contributed by atoms with van der Waals surface area (Å²) in [7, 11) is 5.55. The van der Waals surface area contributed by atoms with Crippen molar-refractivity contribution in [1.82, 2.24) is 9.80 Å². The molecule has 2 fully saturated rings. The number of hydrogen-bond donors (Lipinski definition) is 0. The minimum absolute atomic E-state index is 0.0420. The van der Waals surface area contributed by atoms with E-state index in [1.165, 1.54) is 0 Å². The van der Waals surface area contributed by atoms with Gasteiger partial charge in [-0.2, -0.15) is 0 Å². The first-order valence-electron chi connectivity index (χ1n) is 9.29. The van der Waals surface area contributed by atoms with E-state index in [-0.39, 0.29) is 17.9 Å². The van der Waals surface area contributed by atoms with Crippen LogP contribution in [0.1, 0.15) is 12.8 Å². The van der Waals surface area contributed by atoms with Gasteiger partial charge in [-0.3, -0.25) is 4.79 Å². The molecule has 2 aliphatic heterocycles. The standard InChI is InChI=1S/C20H30N2O4/c1-21-12-16(13-24-2)20(15-21)8-10-22(11-9-20)19(23)14-26-18-7-5-4-6-17(18)25-3/h4-7,16H,8-15H2,1-3H3. The van der Waals surface area contributed by atoms with E-state index in [4.69, 9.17) is 14.2 Å². The molecule has 1 aromatic carbocycles. The Labute approximate surface area is 156 Å². The molecule has 0 aromatic heterocycles. The number of carbonyl (C=O) groups excluding carboxylic acids is 1. The third-order valence-corrected chi connectivity index (χ3v) is 5.88. The number of carbonyl (C=O) groups is 1. The van der Waals surface area contributed by atoms with Crippen LogP contribution in [-0.2, 0) is 9.53 Å². The fraction of sp³-hybridized carbons (Fsp3) is 0.650. The van der Waals surface area contributed by atoms with Crippen molar-refractivity contribution < 1.29 is 19.0 Å². The Hall–Kier alpha value is -1.79. The number of rotatable bonds is 6. The maximum atomic E-state index is 12.6. The molecular formula is C20H30N2O4. The summed E-state index contributed by atoms with van der Waals surface area (Å²) in [5.41, 5.74) is 0.283. The molecule has 6 nitrogen and oxygen atoms in total. The van der Waals surface area contributed by atoms with Crippen molar-refractivity contribution in [3.63, 3.8) is 0 Å². The lowest BCUT2D eigenvalue weighted by molar-refractivity contribution is -0.136. The first-order valence-corrected chi connectivity index (χ1v) is 9.29. The Morgan fingerprint density at radius 2 is 1.88 bits per heavy atom. The molecule has 2 saturated heterocycles. The van der Waals surface area contributed by atoms with Crippen molar-refractivity contribution in [1.29, 1.82) is 0 Å². The lowest BCUT2D eigenvalue weighted by Crippen LogP contribution is -2.48. The zero-order valence-corrected chi connectivity index (χ0v) is 16.1. The van der Waals surface area contributed by atoms with Gasteiger partial charge in [-0.25, -0.2) is 0 Å². The smallest absolute Gasteiger partial charge is 0.260 e. The van der Waals surface area contributed by atoms with Crippen LogP contribution in [0.25, 0.3) is 0 Å². The number of nitrogens with zero attached hydrogens (tertiary/aromatic N) is 2. The molecule has 0 aliphatic carbocycles. The third kappa shape index (κ3) is 3.96. The summed E-state index contributed by atoms with van der Waals surface area (Å²) in [6.07, 6.45) is 2.07. The fourth-order valence-electron chi connectivity index (χ4n) is 4.47. The topological polar surface area (TPSA) is 51.2 Å². The van der Waals surface area contributed by atoms with Crippen molar-refractivity contribution >= 4 is 5.91 Å².